The van der Waals surface area contributed by atoms with Gasteiger partial charge in [0.25, 0.3) is 0 Å². The fourth-order valence-corrected chi connectivity index (χ4v) is 5.05. The van der Waals surface area contributed by atoms with Crippen LogP contribution in [0, 0.1) is 5.41 Å². The molecular weight excluding hydrogens is 312 g/mol. The van der Waals surface area contributed by atoms with Gasteiger partial charge in [0, 0.05) is 6.54 Å². The summed E-state index contributed by atoms with van der Waals surface area (Å²) in [5, 5.41) is 3.08. The Morgan fingerprint density at radius 3 is 2.78 bits per heavy atom. The van der Waals surface area contributed by atoms with Crippen molar-refractivity contribution in [3.63, 3.8) is 0 Å². The van der Waals surface area contributed by atoms with Gasteiger partial charge < -0.3 is 5.32 Å². The average Bonchev–Trinajstić information content (AvgIpc) is 2.81. The molecule has 6 heteroatoms. The Hall–Kier alpha value is -1.40. The highest BCUT2D eigenvalue weighted by atomic mass is 32.2. The van der Waals surface area contributed by atoms with Crippen molar-refractivity contribution in [2.24, 2.45) is 5.41 Å². The smallest absolute Gasteiger partial charge is 0.235 e. The van der Waals surface area contributed by atoms with Crippen molar-refractivity contribution in [3.05, 3.63) is 35.4 Å². The summed E-state index contributed by atoms with van der Waals surface area (Å²) in [4.78, 5) is 12.4. The minimum Gasteiger partial charge on any atom is -0.348 e. The number of hydrogen-bond donors (Lipinski definition) is 1. The Kier molecular flexibility index (Phi) is 4.23. The average molecular weight is 336 g/mol. The van der Waals surface area contributed by atoms with Crippen LogP contribution in [-0.2, 0) is 21.2 Å². The molecular formula is C17H24N2O3S. The SMILES string of the molecule is CC1(C)CCc2ccccc2[C@@H]1NC(=O)CN1CCCS1(=O)=O. The molecule has 1 saturated heterocycles. The molecule has 3 rings (SSSR count). The second kappa shape index (κ2) is 5.91. The third kappa shape index (κ3) is 3.28. The molecule has 0 spiro atoms. The fraction of sp³-hybridized carbons (Fsp3) is 0.588. The number of amides is 1. The van der Waals surface area contributed by atoms with Crippen LogP contribution in [0.5, 0.6) is 0 Å². The van der Waals surface area contributed by atoms with E-state index in [1.165, 1.54) is 9.87 Å². The number of rotatable bonds is 3. The van der Waals surface area contributed by atoms with Gasteiger partial charge in [-0.15, -0.1) is 0 Å². The highest BCUT2D eigenvalue weighted by molar-refractivity contribution is 7.89. The van der Waals surface area contributed by atoms with Crippen LogP contribution in [0.25, 0.3) is 0 Å². The van der Waals surface area contributed by atoms with Crippen LogP contribution in [0.4, 0.5) is 0 Å². The minimum atomic E-state index is -3.24. The maximum absolute atomic E-state index is 12.4. The number of sulfonamides is 1. The third-order valence-corrected chi connectivity index (χ3v) is 6.92. The van der Waals surface area contributed by atoms with Crippen LogP contribution in [-0.4, -0.2) is 37.5 Å². The van der Waals surface area contributed by atoms with Crippen molar-refractivity contribution in [2.45, 2.75) is 39.2 Å². The summed E-state index contributed by atoms with van der Waals surface area (Å²) < 4.78 is 25.0. The molecule has 5 nitrogen and oxygen atoms in total. The second-order valence-electron chi connectivity index (χ2n) is 7.19. The van der Waals surface area contributed by atoms with Crippen molar-refractivity contribution in [1.82, 2.24) is 9.62 Å². The zero-order valence-corrected chi connectivity index (χ0v) is 14.5. The fourth-order valence-electron chi connectivity index (χ4n) is 3.57. The number of carbonyl (C=O) groups is 1. The van der Waals surface area contributed by atoms with Crippen molar-refractivity contribution in [3.8, 4) is 0 Å². The summed E-state index contributed by atoms with van der Waals surface area (Å²) in [6.45, 7) is 4.68. The molecule has 1 aliphatic carbocycles. The van der Waals surface area contributed by atoms with Crippen LogP contribution in [0.2, 0.25) is 0 Å². The standard InChI is InChI=1S/C17H24N2O3S/c1-17(2)9-8-13-6-3-4-7-14(13)16(17)18-15(20)12-19-10-5-11-23(19,21)22/h3-4,6-7,16H,5,8-12H2,1-2H3,(H,18,20)/t16-/m0/s1. The van der Waals surface area contributed by atoms with Crippen LogP contribution in [0.3, 0.4) is 0 Å². The van der Waals surface area contributed by atoms with E-state index in [4.69, 9.17) is 0 Å². The van der Waals surface area contributed by atoms with E-state index in [0.717, 1.165) is 18.4 Å². The predicted molar refractivity (Wildman–Crippen MR) is 89.4 cm³/mol. The number of aryl methyl sites for hydroxylation is 1. The number of benzene rings is 1. The maximum atomic E-state index is 12.4. The number of nitrogens with zero attached hydrogens (tertiary/aromatic N) is 1. The molecule has 1 aromatic carbocycles. The second-order valence-corrected chi connectivity index (χ2v) is 9.28. The van der Waals surface area contributed by atoms with Crippen molar-refractivity contribution >= 4 is 15.9 Å². The van der Waals surface area contributed by atoms with E-state index in [2.05, 4.69) is 31.3 Å². The first-order chi connectivity index (χ1) is 10.8. The molecule has 2 aliphatic rings. The largest absolute Gasteiger partial charge is 0.348 e. The lowest BCUT2D eigenvalue weighted by Gasteiger charge is -2.40. The topological polar surface area (TPSA) is 66.5 Å². The Labute approximate surface area is 138 Å². The molecule has 1 aromatic rings. The normalized spacial score (nSPS) is 25.7. The first kappa shape index (κ1) is 16.5. The van der Waals surface area contributed by atoms with Crippen molar-refractivity contribution in [1.29, 1.82) is 0 Å². The van der Waals surface area contributed by atoms with Gasteiger partial charge in [0.15, 0.2) is 0 Å². The van der Waals surface area contributed by atoms with E-state index in [0.29, 0.717) is 13.0 Å². The Morgan fingerprint density at radius 2 is 2.09 bits per heavy atom. The Bertz CT molecular complexity index is 712. The highest BCUT2D eigenvalue weighted by Crippen LogP contribution is 2.43. The lowest BCUT2D eigenvalue weighted by atomic mass is 9.70. The first-order valence-corrected chi connectivity index (χ1v) is 9.75. The lowest BCUT2D eigenvalue weighted by Crippen LogP contribution is -2.45. The van der Waals surface area contributed by atoms with Crippen molar-refractivity contribution < 1.29 is 13.2 Å². The van der Waals surface area contributed by atoms with Crippen LogP contribution in [0.1, 0.15) is 43.9 Å². The summed E-state index contributed by atoms with van der Waals surface area (Å²) in [6.07, 6.45) is 2.61. The molecule has 1 atom stereocenters. The van der Waals surface area contributed by atoms with Crippen LogP contribution >= 0.6 is 0 Å². The van der Waals surface area contributed by atoms with Gasteiger partial charge in [-0.3, -0.25) is 4.79 Å². The molecule has 0 bridgehead atoms. The van der Waals surface area contributed by atoms with Gasteiger partial charge in [-0.05, 0) is 35.8 Å². The van der Waals surface area contributed by atoms with E-state index in [9.17, 15) is 13.2 Å². The van der Waals surface area contributed by atoms with Gasteiger partial charge in [-0.1, -0.05) is 38.1 Å². The van der Waals surface area contributed by atoms with Gasteiger partial charge in [0.1, 0.15) is 0 Å². The van der Waals surface area contributed by atoms with E-state index in [1.54, 1.807) is 0 Å². The molecule has 126 valence electrons. The molecule has 1 aliphatic heterocycles. The Morgan fingerprint density at radius 1 is 1.35 bits per heavy atom. The lowest BCUT2D eigenvalue weighted by molar-refractivity contribution is -0.123. The number of fused-ring (bicyclic) bond motifs is 1. The predicted octanol–water partition coefficient (Wildman–Crippen LogP) is 1.85. The van der Waals surface area contributed by atoms with Gasteiger partial charge in [-0.25, -0.2) is 8.42 Å². The van der Waals surface area contributed by atoms with E-state index >= 15 is 0 Å². The molecule has 1 fully saturated rings. The molecule has 1 heterocycles. The van der Waals surface area contributed by atoms with E-state index in [-0.39, 0.29) is 29.7 Å². The minimum absolute atomic E-state index is 0.0477. The van der Waals surface area contributed by atoms with Gasteiger partial charge >= 0.3 is 0 Å². The molecule has 0 unspecified atom stereocenters. The van der Waals surface area contributed by atoms with E-state index in [1.807, 2.05) is 12.1 Å². The van der Waals surface area contributed by atoms with Gasteiger partial charge in [0.2, 0.25) is 15.9 Å². The molecule has 1 amide bonds. The molecule has 1 N–H and O–H groups in total. The molecule has 0 radical (unpaired) electrons. The Balaban J connectivity index is 1.77. The summed E-state index contributed by atoms with van der Waals surface area (Å²) in [5.74, 6) is -0.0665. The monoisotopic (exact) mass is 336 g/mol. The van der Waals surface area contributed by atoms with Crippen LogP contribution < -0.4 is 5.32 Å². The number of hydrogen-bond acceptors (Lipinski definition) is 3. The molecule has 23 heavy (non-hydrogen) atoms. The molecule has 0 aromatic heterocycles. The number of nitrogens with one attached hydrogen (secondary N) is 1. The van der Waals surface area contributed by atoms with Crippen LogP contribution in [0.15, 0.2) is 24.3 Å². The zero-order chi connectivity index (χ0) is 16.7. The summed E-state index contributed by atoms with van der Waals surface area (Å²) in [7, 11) is -3.24. The van der Waals surface area contributed by atoms with Gasteiger partial charge in [-0.2, -0.15) is 4.31 Å². The first-order valence-electron chi connectivity index (χ1n) is 8.15. The zero-order valence-electron chi connectivity index (χ0n) is 13.7. The molecule has 0 saturated carbocycles. The maximum Gasteiger partial charge on any atom is 0.235 e. The van der Waals surface area contributed by atoms with E-state index < -0.39 is 10.0 Å². The summed E-state index contributed by atoms with van der Waals surface area (Å²) in [5.41, 5.74) is 2.38. The van der Waals surface area contributed by atoms with Gasteiger partial charge in [0.05, 0.1) is 18.3 Å². The highest BCUT2D eigenvalue weighted by Gasteiger charge is 2.37. The third-order valence-electron chi connectivity index (χ3n) is 5.01. The summed E-state index contributed by atoms with van der Waals surface area (Å²) >= 11 is 0. The van der Waals surface area contributed by atoms with Crippen molar-refractivity contribution in [2.75, 3.05) is 18.8 Å². The quantitative estimate of drug-likeness (QED) is 0.916. The summed E-state index contributed by atoms with van der Waals surface area (Å²) in [6, 6.07) is 8.10. The number of carbonyl (C=O) groups excluding carboxylic acids is 1.